The molecule has 7 nitrogen and oxygen atoms in total. The van der Waals surface area contributed by atoms with Crippen molar-refractivity contribution in [1.82, 2.24) is 15.2 Å². The first-order valence-corrected chi connectivity index (χ1v) is 12.6. The van der Waals surface area contributed by atoms with Crippen LogP contribution in [0.4, 0.5) is 5.69 Å². The van der Waals surface area contributed by atoms with Gasteiger partial charge in [-0.3, -0.25) is 0 Å². The number of fused-ring (bicyclic) bond motifs is 3. The SMILES string of the molecule is CCOc1cc(C2Nc3ccccc3-c3nnc(SCC)nc3O2)ccc1OCc1ccccc1. The molecular formula is C27H26N4O3S. The van der Waals surface area contributed by atoms with Crippen molar-refractivity contribution >= 4 is 17.4 Å². The number of hydrogen-bond donors (Lipinski definition) is 1. The van der Waals surface area contributed by atoms with E-state index < -0.39 is 6.23 Å². The van der Waals surface area contributed by atoms with Gasteiger partial charge in [0.05, 0.1) is 6.61 Å². The largest absolute Gasteiger partial charge is 0.490 e. The van der Waals surface area contributed by atoms with Crippen LogP contribution < -0.4 is 19.5 Å². The molecule has 3 aromatic carbocycles. The van der Waals surface area contributed by atoms with Crippen molar-refractivity contribution in [2.45, 2.75) is 31.8 Å². The molecule has 0 aliphatic carbocycles. The second kappa shape index (κ2) is 10.7. The quantitative estimate of drug-likeness (QED) is 0.298. The summed E-state index contributed by atoms with van der Waals surface area (Å²) in [6, 6.07) is 23.8. The molecule has 0 saturated heterocycles. The Hall–Kier alpha value is -3.78. The molecule has 1 aliphatic rings. The molecule has 5 rings (SSSR count). The highest BCUT2D eigenvalue weighted by Crippen LogP contribution is 2.41. The maximum absolute atomic E-state index is 6.38. The van der Waals surface area contributed by atoms with Crippen molar-refractivity contribution in [1.29, 1.82) is 0 Å². The Morgan fingerprint density at radius 3 is 2.57 bits per heavy atom. The van der Waals surface area contributed by atoms with Gasteiger partial charge < -0.3 is 19.5 Å². The summed E-state index contributed by atoms with van der Waals surface area (Å²) in [5.74, 6) is 2.63. The van der Waals surface area contributed by atoms with Gasteiger partial charge in [0.2, 0.25) is 11.0 Å². The Morgan fingerprint density at radius 1 is 0.914 bits per heavy atom. The average molecular weight is 487 g/mol. The molecule has 0 saturated carbocycles. The van der Waals surface area contributed by atoms with Crippen molar-refractivity contribution in [3.05, 3.63) is 83.9 Å². The molecule has 2 heterocycles. The fourth-order valence-corrected chi connectivity index (χ4v) is 4.30. The van der Waals surface area contributed by atoms with E-state index in [4.69, 9.17) is 14.2 Å². The van der Waals surface area contributed by atoms with E-state index >= 15 is 0 Å². The van der Waals surface area contributed by atoms with Crippen LogP contribution in [0.5, 0.6) is 17.4 Å². The van der Waals surface area contributed by atoms with Crippen molar-refractivity contribution < 1.29 is 14.2 Å². The fraction of sp³-hybridized carbons (Fsp3) is 0.222. The molecule has 0 fully saturated rings. The third-order valence-corrected chi connectivity index (χ3v) is 6.13. The minimum Gasteiger partial charge on any atom is -0.490 e. The number of nitrogens with zero attached hydrogens (tertiary/aromatic N) is 3. The summed E-state index contributed by atoms with van der Waals surface area (Å²) >= 11 is 1.53. The number of ether oxygens (including phenoxy) is 3. The molecule has 0 spiro atoms. The van der Waals surface area contributed by atoms with Crippen LogP contribution in [0.2, 0.25) is 0 Å². The van der Waals surface area contributed by atoms with E-state index in [0.29, 0.717) is 41.4 Å². The lowest BCUT2D eigenvalue weighted by Crippen LogP contribution is -2.17. The molecule has 4 aromatic rings. The Morgan fingerprint density at radius 2 is 1.74 bits per heavy atom. The highest BCUT2D eigenvalue weighted by molar-refractivity contribution is 7.99. The van der Waals surface area contributed by atoms with Crippen molar-refractivity contribution in [2.75, 3.05) is 17.7 Å². The summed E-state index contributed by atoms with van der Waals surface area (Å²) in [5, 5.41) is 12.8. The zero-order chi connectivity index (χ0) is 24.0. The van der Waals surface area contributed by atoms with E-state index in [-0.39, 0.29) is 0 Å². The van der Waals surface area contributed by atoms with Crippen LogP contribution in [0, 0.1) is 0 Å². The minimum atomic E-state index is -0.504. The van der Waals surface area contributed by atoms with E-state index in [2.05, 4.69) is 27.4 Å². The molecule has 35 heavy (non-hydrogen) atoms. The van der Waals surface area contributed by atoms with Crippen LogP contribution in [0.25, 0.3) is 11.3 Å². The number of thioether (sulfide) groups is 1. The van der Waals surface area contributed by atoms with Gasteiger partial charge in [0.15, 0.2) is 23.4 Å². The summed E-state index contributed by atoms with van der Waals surface area (Å²) in [6.45, 7) is 4.98. The van der Waals surface area contributed by atoms with Gasteiger partial charge in [0.1, 0.15) is 6.61 Å². The van der Waals surface area contributed by atoms with E-state index in [9.17, 15) is 0 Å². The maximum atomic E-state index is 6.38. The zero-order valence-electron chi connectivity index (χ0n) is 19.6. The van der Waals surface area contributed by atoms with Crippen molar-refractivity contribution in [3.63, 3.8) is 0 Å². The number of nitrogens with one attached hydrogen (secondary N) is 1. The predicted octanol–water partition coefficient (Wildman–Crippen LogP) is 6.13. The lowest BCUT2D eigenvalue weighted by molar-refractivity contribution is 0.223. The third-order valence-electron chi connectivity index (χ3n) is 5.41. The van der Waals surface area contributed by atoms with Gasteiger partial charge in [-0.25, -0.2) is 0 Å². The summed E-state index contributed by atoms with van der Waals surface area (Å²) in [6.07, 6.45) is -0.504. The monoisotopic (exact) mass is 486 g/mol. The van der Waals surface area contributed by atoms with Gasteiger partial charge in [-0.05, 0) is 42.5 Å². The van der Waals surface area contributed by atoms with Crippen LogP contribution in [0.3, 0.4) is 0 Å². The molecule has 178 valence electrons. The van der Waals surface area contributed by atoms with E-state index in [1.807, 2.05) is 79.7 Å². The van der Waals surface area contributed by atoms with Crippen LogP contribution >= 0.6 is 11.8 Å². The van der Waals surface area contributed by atoms with Gasteiger partial charge in [0, 0.05) is 16.8 Å². The molecule has 0 bridgehead atoms. The Balaban J connectivity index is 1.47. The molecule has 1 N–H and O–H groups in total. The summed E-state index contributed by atoms with van der Waals surface area (Å²) in [4.78, 5) is 4.65. The van der Waals surface area contributed by atoms with Gasteiger partial charge >= 0.3 is 0 Å². The first kappa shape index (κ1) is 23.0. The first-order valence-electron chi connectivity index (χ1n) is 11.6. The summed E-state index contributed by atoms with van der Waals surface area (Å²) < 4.78 is 18.4. The molecule has 0 amide bonds. The van der Waals surface area contributed by atoms with Gasteiger partial charge in [-0.15, -0.1) is 10.2 Å². The number of benzene rings is 3. The fourth-order valence-electron chi connectivity index (χ4n) is 3.80. The van der Waals surface area contributed by atoms with Crippen molar-refractivity contribution in [2.24, 2.45) is 0 Å². The normalized spacial score (nSPS) is 14.1. The molecule has 1 unspecified atom stereocenters. The van der Waals surface area contributed by atoms with Crippen molar-refractivity contribution in [3.8, 4) is 28.6 Å². The molecule has 0 radical (unpaired) electrons. The second-order valence-electron chi connectivity index (χ2n) is 7.78. The maximum Gasteiger partial charge on any atom is 0.247 e. The second-order valence-corrected chi connectivity index (χ2v) is 9.01. The number of aromatic nitrogens is 3. The topological polar surface area (TPSA) is 78.4 Å². The molecule has 1 aliphatic heterocycles. The highest BCUT2D eigenvalue weighted by Gasteiger charge is 2.26. The number of para-hydroxylation sites is 1. The predicted molar refractivity (Wildman–Crippen MR) is 137 cm³/mol. The van der Waals surface area contributed by atoms with Crippen LogP contribution in [-0.4, -0.2) is 27.5 Å². The summed E-state index contributed by atoms with van der Waals surface area (Å²) in [7, 11) is 0. The standard InChI is InChI=1S/C27H26N4O3S/c1-3-32-23-16-19(14-15-22(23)33-17-18-10-6-5-7-11-18)25-28-21-13-9-8-12-20(21)24-26(34-25)29-27(31-30-24)35-4-2/h5-16,25,28H,3-4,17H2,1-2H3. The first-order chi connectivity index (χ1) is 17.2. The highest BCUT2D eigenvalue weighted by atomic mass is 32.2. The molecule has 8 heteroatoms. The van der Waals surface area contributed by atoms with Gasteiger partial charge in [-0.1, -0.05) is 67.2 Å². The van der Waals surface area contributed by atoms with E-state index in [1.165, 1.54) is 11.8 Å². The number of anilines is 1. The van der Waals surface area contributed by atoms with E-state index in [0.717, 1.165) is 28.1 Å². The zero-order valence-corrected chi connectivity index (χ0v) is 20.4. The number of hydrogen-bond acceptors (Lipinski definition) is 8. The molecule has 1 atom stereocenters. The third kappa shape index (κ3) is 5.17. The average Bonchev–Trinajstić information content (AvgIpc) is 3.05. The van der Waals surface area contributed by atoms with Gasteiger partial charge in [-0.2, -0.15) is 4.98 Å². The lowest BCUT2D eigenvalue weighted by Gasteiger charge is -2.21. The summed E-state index contributed by atoms with van der Waals surface area (Å²) in [5.41, 5.74) is 4.38. The Kier molecular flexibility index (Phi) is 6.99. The van der Waals surface area contributed by atoms with Crippen LogP contribution in [-0.2, 0) is 6.61 Å². The Labute approximate surface area is 208 Å². The molecular weight excluding hydrogens is 460 g/mol. The smallest absolute Gasteiger partial charge is 0.247 e. The number of rotatable bonds is 8. The molecule has 1 aromatic heterocycles. The lowest BCUT2D eigenvalue weighted by atomic mass is 10.1. The minimum absolute atomic E-state index is 0.445. The van der Waals surface area contributed by atoms with Crippen LogP contribution in [0.15, 0.2) is 78.0 Å². The van der Waals surface area contributed by atoms with Gasteiger partial charge in [0.25, 0.3) is 0 Å². The Bertz CT molecular complexity index is 1300. The van der Waals surface area contributed by atoms with Crippen LogP contribution in [0.1, 0.15) is 31.2 Å². The van der Waals surface area contributed by atoms with E-state index in [1.54, 1.807) is 0 Å².